The zero-order valence-electron chi connectivity index (χ0n) is 11.1. The van der Waals surface area contributed by atoms with Crippen molar-refractivity contribution >= 4 is 11.2 Å². The van der Waals surface area contributed by atoms with Gasteiger partial charge in [0.1, 0.15) is 0 Å². The van der Waals surface area contributed by atoms with Crippen molar-refractivity contribution in [2.45, 2.75) is 39.7 Å². The Morgan fingerprint density at radius 2 is 1.94 bits per heavy atom. The van der Waals surface area contributed by atoms with E-state index in [2.05, 4.69) is 48.3 Å². The van der Waals surface area contributed by atoms with Crippen molar-refractivity contribution in [2.75, 3.05) is 7.11 Å². The molecule has 2 heterocycles. The number of imidazole rings is 1. The van der Waals surface area contributed by atoms with E-state index in [9.17, 15) is 0 Å². The van der Waals surface area contributed by atoms with E-state index in [0.29, 0.717) is 18.0 Å². The van der Waals surface area contributed by atoms with E-state index in [1.54, 1.807) is 7.11 Å². The van der Waals surface area contributed by atoms with Gasteiger partial charge in [-0.1, -0.05) is 13.8 Å². The molecule has 0 atom stereocenters. The molecule has 0 fully saturated rings. The molecule has 92 valence electrons. The number of hydrogen-bond donors (Lipinski definition) is 0. The monoisotopic (exact) mass is 233 g/mol. The standard InChI is InChI=1S/C13H19N3O/c1-8(2)10-6-11-12(14-7-10)15-13(17-5)16(11)9(3)4/h6-9H,1-5H3. The number of ether oxygens (including phenoxy) is 1. The van der Waals surface area contributed by atoms with Crippen molar-refractivity contribution in [3.8, 4) is 6.01 Å². The Balaban J connectivity index is 2.69. The number of rotatable bonds is 3. The molecule has 0 aliphatic rings. The van der Waals surface area contributed by atoms with Gasteiger partial charge in [0.15, 0.2) is 5.65 Å². The second-order valence-electron chi connectivity index (χ2n) is 4.83. The molecule has 0 unspecified atom stereocenters. The third-order valence-corrected chi connectivity index (χ3v) is 2.90. The van der Waals surface area contributed by atoms with Crippen LogP contribution in [-0.4, -0.2) is 21.6 Å². The van der Waals surface area contributed by atoms with Crippen molar-refractivity contribution in [1.82, 2.24) is 14.5 Å². The summed E-state index contributed by atoms with van der Waals surface area (Å²) in [7, 11) is 1.64. The summed E-state index contributed by atoms with van der Waals surface area (Å²) in [6.07, 6.45) is 1.89. The summed E-state index contributed by atoms with van der Waals surface area (Å²) in [5, 5.41) is 0. The van der Waals surface area contributed by atoms with Crippen molar-refractivity contribution < 1.29 is 4.74 Å². The first kappa shape index (κ1) is 11.9. The third-order valence-electron chi connectivity index (χ3n) is 2.90. The lowest BCUT2D eigenvalue weighted by molar-refractivity contribution is 0.350. The van der Waals surface area contributed by atoms with Crippen LogP contribution in [-0.2, 0) is 0 Å². The molecule has 0 N–H and O–H groups in total. The summed E-state index contributed by atoms with van der Waals surface area (Å²) in [5.41, 5.74) is 3.02. The number of hydrogen-bond acceptors (Lipinski definition) is 3. The minimum atomic E-state index is 0.305. The maximum absolute atomic E-state index is 5.30. The molecule has 0 amide bonds. The van der Waals surface area contributed by atoms with Gasteiger partial charge in [0, 0.05) is 12.2 Å². The van der Waals surface area contributed by atoms with Gasteiger partial charge in [-0.25, -0.2) is 4.98 Å². The second kappa shape index (κ2) is 4.35. The first-order chi connectivity index (χ1) is 8.04. The van der Waals surface area contributed by atoms with Gasteiger partial charge in [0.25, 0.3) is 6.01 Å². The predicted octanol–water partition coefficient (Wildman–Crippen LogP) is 3.14. The Morgan fingerprint density at radius 1 is 1.24 bits per heavy atom. The van der Waals surface area contributed by atoms with Crippen LogP contribution in [0.3, 0.4) is 0 Å². The van der Waals surface area contributed by atoms with Crippen LogP contribution >= 0.6 is 0 Å². The Kier molecular flexibility index (Phi) is 3.05. The summed E-state index contributed by atoms with van der Waals surface area (Å²) in [5.74, 6) is 0.466. The van der Waals surface area contributed by atoms with Crippen LogP contribution in [0.5, 0.6) is 6.01 Å². The van der Waals surface area contributed by atoms with Crippen LogP contribution in [0, 0.1) is 0 Å². The number of nitrogens with zero attached hydrogens (tertiary/aromatic N) is 3. The van der Waals surface area contributed by atoms with Gasteiger partial charge in [-0.3, -0.25) is 4.57 Å². The van der Waals surface area contributed by atoms with Gasteiger partial charge in [0.05, 0.1) is 12.6 Å². The lowest BCUT2D eigenvalue weighted by atomic mass is 10.1. The van der Waals surface area contributed by atoms with E-state index in [1.165, 1.54) is 5.56 Å². The highest BCUT2D eigenvalue weighted by molar-refractivity contribution is 5.73. The molecule has 0 saturated heterocycles. The highest BCUT2D eigenvalue weighted by Crippen LogP contribution is 2.26. The quantitative estimate of drug-likeness (QED) is 0.817. The van der Waals surface area contributed by atoms with Crippen molar-refractivity contribution in [3.63, 3.8) is 0 Å². The Hall–Kier alpha value is -1.58. The molecule has 0 saturated carbocycles. The average Bonchev–Trinajstić information content (AvgIpc) is 2.65. The SMILES string of the molecule is COc1nc2ncc(C(C)C)cc2n1C(C)C. The van der Waals surface area contributed by atoms with Gasteiger partial charge in [-0.15, -0.1) is 0 Å². The molecule has 17 heavy (non-hydrogen) atoms. The van der Waals surface area contributed by atoms with Crippen molar-refractivity contribution in [3.05, 3.63) is 17.8 Å². The van der Waals surface area contributed by atoms with Crippen LogP contribution in [0.25, 0.3) is 11.2 Å². The van der Waals surface area contributed by atoms with Gasteiger partial charge in [0.2, 0.25) is 0 Å². The molecule has 0 aromatic carbocycles. The van der Waals surface area contributed by atoms with Crippen LogP contribution in [0.1, 0.15) is 45.2 Å². The number of pyridine rings is 1. The zero-order chi connectivity index (χ0) is 12.6. The van der Waals surface area contributed by atoms with E-state index < -0.39 is 0 Å². The third kappa shape index (κ3) is 1.99. The Morgan fingerprint density at radius 3 is 2.47 bits per heavy atom. The molecule has 0 spiro atoms. The molecule has 2 aromatic rings. The predicted molar refractivity (Wildman–Crippen MR) is 68.6 cm³/mol. The number of methoxy groups -OCH3 is 1. The second-order valence-corrected chi connectivity index (χ2v) is 4.83. The lowest BCUT2D eigenvalue weighted by Crippen LogP contribution is -2.03. The summed E-state index contributed by atoms with van der Waals surface area (Å²) in [6.45, 7) is 8.56. The fourth-order valence-electron chi connectivity index (χ4n) is 1.93. The molecule has 0 aliphatic heterocycles. The maximum atomic E-state index is 5.30. The van der Waals surface area contributed by atoms with E-state index in [4.69, 9.17) is 4.74 Å². The number of aromatic nitrogens is 3. The average molecular weight is 233 g/mol. The summed E-state index contributed by atoms with van der Waals surface area (Å²) >= 11 is 0. The van der Waals surface area contributed by atoms with E-state index in [-0.39, 0.29) is 0 Å². The summed E-state index contributed by atoms with van der Waals surface area (Å²) in [6, 6.07) is 3.09. The topological polar surface area (TPSA) is 39.9 Å². The van der Waals surface area contributed by atoms with Crippen LogP contribution in [0.2, 0.25) is 0 Å². The first-order valence-electron chi connectivity index (χ1n) is 5.96. The largest absolute Gasteiger partial charge is 0.468 e. The fraction of sp³-hybridized carbons (Fsp3) is 0.538. The minimum Gasteiger partial charge on any atom is -0.468 e. The maximum Gasteiger partial charge on any atom is 0.298 e. The highest BCUT2D eigenvalue weighted by atomic mass is 16.5. The molecule has 2 rings (SSSR count). The van der Waals surface area contributed by atoms with Gasteiger partial charge in [-0.05, 0) is 31.4 Å². The molecule has 4 heteroatoms. The molecule has 2 aromatic heterocycles. The Labute approximate surface area is 102 Å². The van der Waals surface area contributed by atoms with E-state index >= 15 is 0 Å². The van der Waals surface area contributed by atoms with Crippen molar-refractivity contribution in [2.24, 2.45) is 0 Å². The molecule has 0 aliphatic carbocycles. The van der Waals surface area contributed by atoms with Crippen molar-refractivity contribution in [1.29, 1.82) is 0 Å². The number of fused-ring (bicyclic) bond motifs is 1. The summed E-state index contributed by atoms with van der Waals surface area (Å²) in [4.78, 5) is 8.78. The van der Waals surface area contributed by atoms with Gasteiger partial charge < -0.3 is 4.74 Å². The van der Waals surface area contributed by atoms with Crippen LogP contribution in [0.15, 0.2) is 12.3 Å². The Bertz CT molecular complexity index is 529. The smallest absolute Gasteiger partial charge is 0.298 e. The van der Waals surface area contributed by atoms with Crippen LogP contribution < -0.4 is 4.74 Å². The van der Waals surface area contributed by atoms with Crippen LogP contribution in [0.4, 0.5) is 0 Å². The molecular weight excluding hydrogens is 214 g/mol. The van der Waals surface area contributed by atoms with Gasteiger partial charge >= 0.3 is 0 Å². The zero-order valence-corrected chi connectivity index (χ0v) is 11.1. The molecular formula is C13H19N3O. The minimum absolute atomic E-state index is 0.305. The lowest BCUT2D eigenvalue weighted by Gasteiger charge is -2.12. The molecule has 0 radical (unpaired) electrons. The summed E-state index contributed by atoms with van der Waals surface area (Å²) < 4.78 is 7.38. The fourth-order valence-corrected chi connectivity index (χ4v) is 1.93. The molecule has 4 nitrogen and oxygen atoms in total. The normalized spacial score (nSPS) is 11.7. The van der Waals surface area contributed by atoms with E-state index in [1.807, 2.05) is 6.20 Å². The molecule has 0 bridgehead atoms. The van der Waals surface area contributed by atoms with Gasteiger partial charge in [-0.2, -0.15) is 4.98 Å². The first-order valence-corrected chi connectivity index (χ1v) is 5.96. The highest BCUT2D eigenvalue weighted by Gasteiger charge is 2.15. The van der Waals surface area contributed by atoms with E-state index in [0.717, 1.165) is 11.2 Å².